The molecule has 2 aromatic carbocycles. The molecular formula is C20H22Cl2N2O2. The zero-order valence-electron chi connectivity index (χ0n) is 14.8. The minimum atomic E-state index is -0.862. The Bertz CT molecular complexity index is 719. The number of carbonyl (C=O) groups is 1. The van der Waals surface area contributed by atoms with Gasteiger partial charge in [-0.2, -0.15) is 0 Å². The van der Waals surface area contributed by atoms with Gasteiger partial charge in [-0.15, -0.1) is 0 Å². The van der Waals surface area contributed by atoms with Crippen molar-refractivity contribution in [3.05, 3.63) is 69.7 Å². The van der Waals surface area contributed by atoms with Crippen LogP contribution in [0.5, 0.6) is 0 Å². The predicted octanol–water partition coefficient (Wildman–Crippen LogP) is 5.16. The van der Waals surface area contributed by atoms with Crippen LogP contribution in [0.1, 0.15) is 31.0 Å². The fourth-order valence-electron chi connectivity index (χ4n) is 3.65. The molecule has 1 N–H and O–H groups in total. The third kappa shape index (κ3) is 3.98. The van der Waals surface area contributed by atoms with Crippen LogP contribution in [0.25, 0.3) is 0 Å². The summed E-state index contributed by atoms with van der Waals surface area (Å²) in [6.07, 6.45) is -0.862. The van der Waals surface area contributed by atoms with Crippen LogP contribution in [0.4, 0.5) is 4.79 Å². The van der Waals surface area contributed by atoms with Crippen LogP contribution in [0.15, 0.2) is 48.5 Å². The Labute approximate surface area is 163 Å². The van der Waals surface area contributed by atoms with Gasteiger partial charge in [-0.25, -0.2) is 4.79 Å². The van der Waals surface area contributed by atoms with Crippen LogP contribution in [-0.2, 0) is 0 Å². The van der Waals surface area contributed by atoms with Gasteiger partial charge in [-0.1, -0.05) is 47.5 Å². The van der Waals surface area contributed by atoms with E-state index in [-0.39, 0.29) is 18.1 Å². The van der Waals surface area contributed by atoms with Gasteiger partial charge in [-0.05, 0) is 49.2 Å². The highest BCUT2D eigenvalue weighted by Crippen LogP contribution is 2.34. The molecule has 6 heteroatoms. The zero-order chi connectivity index (χ0) is 18.8. The monoisotopic (exact) mass is 392 g/mol. The minimum Gasteiger partial charge on any atom is -0.465 e. The van der Waals surface area contributed by atoms with Crippen LogP contribution in [0.3, 0.4) is 0 Å². The van der Waals surface area contributed by atoms with E-state index in [1.807, 2.05) is 55.5 Å². The van der Waals surface area contributed by atoms with Gasteiger partial charge in [0.15, 0.2) is 0 Å². The summed E-state index contributed by atoms with van der Waals surface area (Å²) in [6, 6.07) is 15.7. The summed E-state index contributed by atoms with van der Waals surface area (Å²) in [5.74, 6) is 0. The van der Waals surface area contributed by atoms with Gasteiger partial charge in [0.25, 0.3) is 0 Å². The normalized spacial score (nSPS) is 21.2. The molecule has 2 aromatic rings. The van der Waals surface area contributed by atoms with Crippen LogP contribution >= 0.6 is 23.2 Å². The fraction of sp³-hybridized carbons (Fsp3) is 0.350. The number of amides is 1. The molecule has 1 unspecified atom stereocenters. The average molecular weight is 393 g/mol. The first-order valence-corrected chi connectivity index (χ1v) is 9.38. The van der Waals surface area contributed by atoms with Crippen molar-refractivity contribution in [1.82, 2.24) is 9.80 Å². The van der Waals surface area contributed by atoms with E-state index < -0.39 is 6.09 Å². The van der Waals surface area contributed by atoms with Crippen molar-refractivity contribution in [2.24, 2.45) is 0 Å². The summed E-state index contributed by atoms with van der Waals surface area (Å²) in [5.41, 5.74) is 2.25. The van der Waals surface area contributed by atoms with Gasteiger partial charge in [0, 0.05) is 35.2 Å². The van der Waals surface area contributed by atoms with Crippen molar-refractivity contribution in [1.29, 1.82) is 0 Å². The highest BCUT2D eigenvalue weighted by Gasteiger charge is 2.36. The molecule has 0 saturated carbocycles. The summed E-state index contributed by atoms with van der Waals surface area (Å²) < 4.78 is 0. The van der Waals surface area contributed by atoms with Gasteiger partial charge in [0.05, 0.1) is 6.04 Å². The molecule has 0 radical (unpaired) electrons. The lowest BCUT2D eigenvalue weighted by molar-refractivity contribution is 0.0280. The van der Waals surface area contributed by atoms with E-state index in [1.165, 1.54) is 4.90 Å². The summed E-state index contributed by atoms with van der Waals surface area (Å²) in [4.78, 5) is 15.4. The van der Waals surface area contributed by atoms with Crippen LogP contribution < -0.4 is 0 Å². The van der Waals surface area contributed by atoms with Crippen molar-refractivity contribution in [3.63, 3.8) is 0 Å². The molecule has 2 atom stereocenters. The Morgan fingerprint density at radius 2 is 1.38 bits per heavy atom. The summed E-state index contributed by atoms with van der Waals surface area (Å²) >= 11 is 12.1. The van der Waals surface area contributed by atoms with E-state index in [2.05, 4.69) is 11.8 Å². The lowest BCUT2D eigenvalue weighted by Gasteiger charge is -2.46. The Balaban J connectivity index is 1.99. The lowest BCUT2D eigenvalue weighted by atomic mass is 9.94. The van der Waals surface area contributed by atoms with Crippen molar-refractivity contribution in [2.75, 3.05) is 13.1 Å². The Morgan fingerprint density at radius 1 is 0.923 bits per heavy atom. The highest BCUT2D eigenvalue weighted by molar-refractivity contribution is 6.30. The standard InChI is InChI=1S/C20H22Cl2N2O2/c1-13-12-24(20(25)26)14(2)11-23(13)19(15-3-7-17(21)8-4-15)16-5-9-18(22)10-6-16/h3-10,13-14,19H,11-12H2,1-2H3,(H,25,26)/t13?,14-/m0/s1. The van der Waals surface area contributed by atoms with Crippen molar-refractivity contribution < 1.29 is 9.90 Å². The summed E-state index contributed by atoms with van der Waals surface area (Å²) in [5, 5.41) is 10.8. The molecule has 0 spiro atoms. The molecule has 26 heavy (non-hydrogen) atoms. The second kappa shape index (κ2) is 7.87. The quantitative estimate of drug-likeness (QED) is 0.784. The van der Waals surface area contributed by atoms with Crippen molar-refractivity contribution >= 4 is 29.3 Å². The molecular weight excluding hydrogens is 371 g/mol. The van der Waals surface area contributed by atoms with E-state index >= 15 is 0 Å². The third-order valence-electron chi connectivity index (χ3n) is 4.98. The second-order valence-corrected chi connectivity index (χ2v) is 7.71. The lowest BCUT2D eigenvalue weighted by Crippen LogP contribution is -2.58. The minimum absolute atomic E-state index is 0.0120. The molecule has 1 aliphatic heterocycles. The molecule has 1 heterocycles. The van der Waals surface area contributed by atoms with Gasteiger partial charge >= 0.3 is 6.09 Å². The largest absolute Gasteiger partial charge is 0.465 e. The SMILES string of the molecule is CC1CN(C(=O)O)[C@@H](C)CN1C(c1ccc(Cl)cc1)c1ccc(Cl)cc1. The average Bonchev–Trinajstić information content (AvgIpc) is 2.60. The number of benzene rings is 2. The fourth-order valence-corrected chi connectivity index (χ4v) is 3.90. The van der Waals surface area contributed by atoms with Gasteiger partial charge in [0.1, 0.15) is 0 Å². The Kier molecular flexibility index (Phi) is 5.76. The van der Waals surface area contributed by atoms with E-state index in [0.717, 1.165) is 11.1 Å². The molecule has 1 saturated heterocycles. The molecule has 138 valence electrons. The molecule has 3 rings (SSSR count). The number of halogens is 2. The van der Waals surface area contributed by atoms with Gasteiger partial charge < -0.3 is 10.0 Å². The molecule has 0 bridgehead atoms. The van der Waals surface area contributed by atoms with Crippen molar-refractivity contribution in [2.45, 2.75) is 32.0 Å². The highest BCUT2D eigenvalue weighted by atomic mass is 35.5. The maximum absolute atomic E-state index is 11.5. The Hall–Kier alpha value is -1.75. The molecule has 0 aliphatic carbocycles. The first kappa shape index (κ1) is 19.0. The number of piperazine rings is 1. The van der Waals surface area contributed by atoms with E-state index in [0.29, 0.717) is 23.1 Å². The number of nitrogens with zero attached hydrogens (tertiary/aromatic N) is 2. The number of rotatable bonds is 3. The summed E-state index contributed by atoms with van der Waals surface area (Å²) in [7, 11) is 0. The number of hydrogen-bond donors (Lipinski definition) is 1. The number of hydrogen-bond acceptors (Lipinski definition) is 2. The first-order chi connectivity index (χ1) is 12.4. The maximum atomic E-state index is 11.5. The topological polar surface area (TPSA) is 43.8 Å². The molecule has 1 amide bonds. The van der Waals surface area contributed by atoms with Crippen LogP contribution in [-0.4, -0.2) is 46.2 Å². The second-order valence-electron chi connectivity index (χ2n) is 6.84. The Morgan fingerprint density at radius 3 is 1.81 bits per heavy atom. The van der Waals surface area contributed by atoms with Crippen LogP contribution in [0.2, 0.25) is 10.0 Å². The maximum Gasteiger partial charge on any atom is 0.407 e. The van der Waals surface area contributed by atoms with Gasteiger partial charge in [0.2, 0.25) is 0 Å². The van der Waals surface area contributed by atoms with Crippen molar-refractivity contribution in [3.8, 4) is 0 Å². The third-order valence-corrected chi connectivity index (χ3v) is 5.49. The first-order valence-electron chi connectivity index (χ1n) is 8.63. The molecule has 1 fully saturated rings. The van der Waals surface area contributed by atoms with E-state index in [9.17, 15) is 9.90 Å². The van der Waals surface area contributed by atoms with E-state index in [4.69, 9.17) is 23.2 Å². The molecule has 1 aliphatic rings. The van der Waals surface area contributed by atoms with E-state index in [1.54, 1.807) is 0 Å². The summed E-state index contributed by atoms with van der Waals surface area (Å²) in [6.45, 7) is 5.16. The molecule has 4 nitrogen and oxygen atoms in total. The number of carboxylic acid groups (broad SMARTS) is 1. The predicted molar refractivity (Wildman–Crippen MR) is 105 cm³/mol. The molecule has 0 aromatic heterocycles. The van der Waals surface area contributed by atoms with Gasteiger partial charge in [-0.3, -0.25) is 4.90 Å². The zero-order valence-corrected chi connectivity index (χ0v) is 16.3. The smallest absolute Gasteiger partial charge is 0.407 e. The van der Waals surface area contributed by atoms with Crippen LogP contribution in [0, 0.1) is 0 Å².